The molecule has 0 aliphatic heterocycles. The molecule has 2 aromatic rings. The first-order valence-corrected chi connectivity index (χ1v) is 7.19. The van der Waals surface area contributed by atoms with Gasteiger partial charge in [-0.15, -0.1) is 0 Å². The Morgan fingerprint density at radius 1 is 1.14 bits per heavy atom. The molecule has 0 fully saturated rings. The van der Waals surface area contributed by atoms with Crippen molar-refractivity contribution >= 4 is 34.8 Å². The monoisotopic (exact) mass is 322 g/mol. The molecule has 1 unspecified atom stereocenters. The zero-order valence-corrected chi connectivity index (χ0v) is 13.3. The SMILES string of the molecule is Cc1ccccc1NC(C)(C(N)=O)c1ccc(Cl)c(Cl)c1. The molecule has 3 nitrogen and oxygen atoms in total. The zero-order chi connectivity index (χ0) is 15.6. The maximum Gasteiger partial charge on any atom is 0.247 e. The number of hydrogen-bond donors (Lipinski definition) is 2. The van der Waals surface area contributed by atoms with Gasteiger partial charge in [0.1, 0.15) is 5.54 Å². The summed E-state index contributed by atoms with van der Waals surface area (Å²) in [6.45, 7) is 3.68. The molecule has 0 aliphatic rings. The smallest absolute Gasteiger partial charge is 0.247 e. The van der Waals surface area contributed by atoms with Crippen molar-refractivity contribution in [2.45, 2.75) is 19.4 Å². The van der Waals surface area contributed by atoms with E-state index < -0.39 is 11.4 Å². The lowest BCUT2D eigenvalue weighted by Crippen LogP contribution is -2.45. The highest BCUT2D eigenvalue weighted by Gasteiger charge is 2.34. The Morgan fingerprint density at radius 2 is 1.81 bits per heavy atom. The lowest BCUT2D eigenvalue weighted by atomic mass is 9.90. The molecule has 2 aromatic carbocycles. The summed E-state index contributed by atoms with van der Waals surface area (Å²) < 4.78 is 0. The number of aryl methyl sites for hydroxylation is 1. The second kappa shape index (κ2) is 5.96. The average Bonchev–Trinajstić information content (AvgIpc) is 2.44. The van der Waals surface area contributed by atoms with Crippen LogP contribution in [0.25, 0.3) is 0 Å². The number of benzene rings is 2. The quantitative estimate of drug-likeness (QED) is 0.889. The zero-order valence-electron chi connectivity index (χ0n) is 11.8. The van der Waals surface area contributed by atoms with Gasteiger partial charge in [-0.1, -0.05) is 47.5 Å². The summed E-state index contributed by atoms with van der Waals surface area (Å²) in [5.41, 5.74) is 7.04. The number of primary amides is 1. The van der Waals surface area contributed by atoms with Crippen molar-refractivity contribution in [2.75, 3.05) is 5.32 Å². The fraction of sp³-hybridized carbons (Fsp3) is 0.188. The number of amides is 1. The van der Waals surface area contributed by atoms with Crippen molar-refractivity contribution in [3.05, 3.63) is 63.6 Å². The number of carbonyl (C=O) groups is 1. The van der Waals surface area contributed by atoms with E-state index in [0.717, 1.165) is 11.3 Å². The molecule has 1 amide bonds. The molecular weight excluding hydrogens is 307 g/mol. The van der Waals surface area contributed by atoms with Crippen molar-refractivity contribution in [2.24, 2.45) is 5.73 Å². The number of carbonyl (C=O) groups excluding carboxylic acids is 1. The van der Waals surface area contributed by atoms with E-state index in [4.69, 9.17) is 28.9 Å². The van der Waals surface area contributed by atoms with Crippen molar-refractivity contribution in [3.63, 3.8) is 0 Å². The Balaban J connectivity index is 2.48. The normalized spacial score (nSPS) is 13.5. The van der Waals surface area contributed by atoms with Crippen LogP contribution in [0, 0.1) is 6.92 Å². The van der Waals surface area contributed by atoms with Crippen LogP contribution in [0.15, 0.2) is 42.5 Å². The average molecular weight is 323 g/mol. The molecular formula is C16H16Cl2N2O. The molecule has 5 heteroatoms. The van der Waals surface area contributed by atoms with E-state index in [2.05, 4.69) is 5.32 Å². The largest absolute Gasteiger partial charge is 0.368 e. The fourth-order valence-electron chi connectivity index (χ4n) is 2.07. The van der Waals surface area contributed by atoms with Crippen LogP contribution in [0.4, 0.5) is 5.69 Å². The van der Waals surface area contributed by atoms with Crippen molar-refractivity contribution < 1.29 is 4.79 Å². The fourth-order valence-corrected chi connectivity index (χ4v) is 2.36. The van der Waals surface area contributed by atoms with E-state index in [0.29, 0.717) is 15.6 Å². The van der Waals surface area contributed by atoms with Crippen LogP contribution in [0.3, 0.4) is 0 Å². The van der Waals surface area contributed by atoms with Gasteiger partial charge in [0.25, 0.3) is 0 Å². The van der Waals surface area contributed by atoms with Crippen LogP contribution >= 0.6 is 23.2 Å². The lowest BCUT2D eigenvalue weighted by Gasteiger charge is -2.30. The lowest BCUT2D eigenvalue weighted by molar-refractivity contribution is -0.122. The summed E-state index contributed by atoms with van der Waals surface area (Å²) >= 11 is 12.0. The topological polar surface area (TPSA) is 55.1 Å². The Labute approximate surface area is 134 Å². The molecule has 3 N–H and O–H groups in total. The summed E-state index contributed by atoms with van der Waals surface area (Å²) in [5, 5.41) is 4.03. The van der Waals surface area contributed by atoms with Crippen LogP contribution in [-0.4, -0.2) is 5.91 Å². The van der Waals surface area contributed by atoms with E-state index >= 15 is 0 Å². The maximum absolute atomic E-state index is 12.0. The first-order chi connectivity index (χ1) is 9.84. The minimum Gasteiger partial charge on any atom is -0.368 e. The molecule has 0 heterocycles. The van der Waals surface area contributed by atoms with Gasteiger partial charge in [0, 0.05) is 5.69 Å². The Hall–Kier alpha value is -1.71. The summed E-state index contributed by atoms with van der Waals surface area (Å²) in [5.74, 6) is -0.496. The third kappa shape index (κ3) is 3.14. The van der Waals surface area contributed by atoms with Gasteiger partial charge in [0.15, 0.2) is 0 Å². The molecule has 21 heavy (non-hydrogen) atoms. The van der Waals surface area contributed by atoms with E-state index in [9.17, 15) is 4.79 Å². The third-order valence-electron chi connectivity index (χ3n) is 3.52. The Kier molecular flexibility index (Phi) is 4.45. The molecule has 0 radical (unpaired) electrons. The number of hydrogen-bond acceptors (Lipinski definition) is 2. The highest BCUT2D eigenvalue weighted by molar-refractivity contribution is 6.42. The molecule has 1 atom stereocenters. The molecule has 110 valence electrons. The standard InChI is InChI=1S/C16H16Cl2N2O/c1-10-5-3-4-6-14(10)20-16(2,15(19)21)11-7-8-12(17)13(18)9-11/h3-9,20H,1-2H3,(H2,19,21). The van der Waals surface area contributed by atoms with E-state index in [1.54, 1.807) is 25.1 Å². The van der Waals surface area contributed by atoms with Crippen LogP contribution in [0.2, 0.25) is 10.0 Å². The molecule has 2 rings (SSSR count). The number of halogens is 2. The van der Waals surface area contributed by atoms with Gasteiger partial charge < -0.3 is 11.1 Å². The van der Waals surface area contributed by atoms with Gasteiger partial charge in [0.2, 0.25) is 5.91 Å². The minimum atomic E-state index is -1.08. The van der Waals surface area contributed by atoms with Gasteiger partial charge in [-0.05, 0) is 43.2 Å². The summed E-state index contributed by atoms with van der Waals surface area (Å²) in [6.07, 6.45) is 0. The Morgan fingerprint density at radius 3 is 2.38 bits per heavy atom. The van der Waals surface area contributed by atoms with E-state index in [1.165, 1.54) is 0 Å². The maximum atomic E-state index is 12.0. The summed E-state index contributed by atoms with van der Waals surface area (Å²) in [6, 6.07) is 12.7. The first kappa shape index (κ1) is 15.7. The summed E-state index contributed by atoms with van der Waals surface area (Å²) in [7, 11) is 0. The molecule has 0 bridgehead atoms. The van der Waals surface area contributed by atoms with Crippen molar-refractivity contribution in [3.8, 4) is 0 Å². The van der Waals surface area contributed by atoms with Crippen LogP contribution in [0.1, 0.15) is 18.1 Å². The predicted molar refractivity (Wildman–Crippen MR) is 87.8 cm³/mol. The summed E-state index contributed by atoms with van der Waals surface area (Å²) in [4.78, 5) is 12.0. The number of nitrogens with two attached hydrogens (primary N) is 1. The molecule has 0 spiro atoms. The second-order valence-electron chi connectivity index (χ2n) is 5.06. The van der Waals surface area contributed by atoms with Crippen LogP contribution in [-0.2, 0) is 10.3 Å². The van der Waals surface area contributed by atoms with Crippen LogP contribution in [0.5, 0.6) is 0 Å². The van der Waals surface area contributed by atoms with Crippen molar-refractivity contribution in [1.82, 2.24) is 0 Å². The van der Waals surface area contributed by atoms with Gasteiger partial charge in [-0.3, -0.25) is 4.79 Å². The molecule has 0 aliphatic carbocycles. The van der Waals surface area contributed by atoms with Crippen molar-refractivity contribution in [1.29, 1.82) is 0 Å². The van der Waals surface area contributed by atoms with E-state index in [1.807, 2.05) is 31.2 Å². The second-order valence-corrected chi connectivity index (χ2v) is 5.87. The van der Waals surface area contributed by atoms with Crippen LogP contribution < -0.4 is 11.1 Å². The number of para-hydroxylation sites is 1. The number of rotatable bonds is 4. The minimum absolute atomic E-state index is 0.383. The van der Waals surface area contributed by atoms with E-state index in [-0.39, 0.29) is 0 Å². The Bertz CT molecular complexity index is 688. The highest BCUT2D eigenvalue weighted by Crippen LogP contribution is 2.32. The molecule has 0 saturated carbocycles. The first-order valence-electron chi connectivity index (χ1n) is 6.44. The molecule has 0 saturated heterocycles. The highest BCUT2D eigenvalue weighted by atomic mass is 35.5. The number of anilines is 1. The number of nitrogens with one attached hydrogen (secondary N) is 1. The van der Waals surface area contributed by atoms with Gasteiger partial charge in [-0.25, -0.2) is 0 Å². The molecule has 0 aromatic heterocycles. The predicted octanol–water partition coefficient (Wildman–Crippen LogP) is 4.11. The van der Waals surface area contributed by atoms with Gasteiger partial charge in [0.05, 0.1) is 10.0 Å². The third-order valence-corrected chi connectivity index (χ3v) is 4.26. The van der Waals surface area contributed by atoms with Gasteiger partial charge in [-0.2, -0.15) is 0 Å². The van der Waals surface area contributed by atoms with Gasteiger partial charge >= 0.3 is 0 Å².